The number of halogens is 3. The summed E-state index contributed by atoms with van der Waals surface area (Å²) < 4.78 is 37.0. The number of aryl methyl sites for hydroxylation is 1. The van der Waals surface area contributed by atoms with Crippen LogP contribution in [-0.2, 0) is 17.8 Å². The summed E-state index contributed by atoms with van der Waals surface area (Å²) in [7, 11) is 0. The minimum Gasteiger partial charge on any atom is -0.480 e. The highest BCUT2D eigenvalue weighted by molar-refractivity contribution is 7.09. The molecule has 19 heavy (non-hydrogen) atoms. The Morgan fingerprint density at radius 3 is 2.74 bits per heavy atom. The highest BCUT2D eigenvalue weighted by Crippen LogP contribution is 2.19. The van der Waals surface area contributed by atoms with Gasteiger partial charge in [-0.2, -0.15) is 13.2 Å². The van der Waals surface area contributed by atoms with Gasteiger partial charge in [-0.15, -0.1) is 11.3 Å². The number of nitrogens with zero attached hydrogens (tertiary/aromatic N) is 2. The third-order valence-electron chi connectivity index (χ3n) is 2.21. The maximum Gasteiger partial charge on any atom is 0.401 e. The van der Waals surface area contributed by atoms with Crippen LogP contribution in [0.15, 0.2) is 5.38 Å². The van der Waals surface area contributed by atoms with E-state index in [1.807, 2.05) is 6.92 Å². The number of aliphatic carboxylic acids is 1. The van der Waals surface area contributed by atoms with Gasteiger partial charge in [0.25, 0.3) is 0 Å². The van der Waals surface area contributed by atoms with E-state index in [-0.39, 0.29) is 6.54 Å². The van der Waals surface area contributed by atoms with Gasteiger partial charge in [0.2, 0.25) is 0 Å². The molecule has 1 N–H and O–H groups in total. The fourth-order valence-corrected chi connectivity index (χ4v) is 2.48. The average Bonchev–Trinajstić information content (AvgIpc) is 2.62. The molecule has 0 aliphatic heterocycles. The zero-order valence-electron chi connectivity index (χ0n) is 10.4. The summed E-state index contributed by atoms with van der Waals surface area (Å²) >= 11 is 1.39. The molecule has 0 unspecified atom stereocenters. The summed E-state index contributed by atoms with van der Waals surface area (Å²) in [6.07, 6.45) is -2.73. The van der Waals surface area contributed by atoms with Crippen molar-refractivity contribution in [3.8, 4) is 0 Å². The van der Waals surface area contributed by atoms with E-state index < -0.39 is 25.2 Å². The predicted octanol–water partition coefficient (Wildman–Crippen LogP) is 2.54. The number of rotatable bonds is 7. The Hall–Kier alpha value is -1.15. The van der Waals surface area contributed by atoms with Gasteiger partial charge in [0.05, 0.1) is 23.8 Å². The first-order chi connectivity index (χ1) is 8.80. The Bertz CT molecular complexity index is 420. The summed E-state index contributed by atoms with van der Waals surface area (Å²) in [4.78, 5) is 15.6. The second kappa shape index (κ2) is 6.85. The van der Waals surface area contributed by atoms with Crippen LogP contribution in [0.1, 0.15) is 24.0 Å². The van der Waals surface area contributed by atoms with Crippen LogP contribution in [0.2, 0.25) is 0 Å². The number of aromatic nitrogens is 1. The molecular formula is C11H15F3N2O2S. The number of hydrogen-bond donors (Lipinski definition) is 1. The second-order valence-corrected chi connectivity index (χ2v) is 5.08. The Labute approximate surface area is 112 Å². The highest BCUT2D eigenvalue weighted by Gasteiger charge is 2.31. The molecule has 1 aromatic rings. The Kier molecular flexibility index (Phi) is 5.74. The van der Waals surface area contributed by atoms with Crippen molar-refractivity contribution in [2.24, 2.45) is 0 Å². The van der Waals surface area contributed by atoms with Crippen molar-refractivity contribution in [1.82, 2.24) is 9.88 Å². The lowest BCUT2D eigenvalue weighted by atomic mass is 10.3. The standard InChI is InChI=1S/C11H15F3N2O2S/c1-2-3-9-15-8(6-19-9)4-16(5-10(17)18)7-11(12,13)14/h6H,2-5,7H2,1H3,(H,17,18). The Morgan fingerprint density at radius 1 is 1.53 bits per heavy atom. The number of thiazole rings is 1. The highest BCUT2D eigenvalue weighted by atomic mass is 32.1. The molecule has 1 aromatic heterocycles. The van der Waals surface area contributed by atoms with Crippen LogP contribution in [0.25, 0.3) is 0 Å². The topological polar surface area (TPSA) is 53.4 Å². The molecular weight excluding hydrogens is 281 g/mol. The largest absolute Gasteiger partial charge is 0.480 e. The maximum absolute atomic E-state index is 12.3. The first-order valence-electron chi connectivity index (χ1n) is 5.74. The summed E-state index contributed by atoms with van der Waals surface area (Å²) in [5.74, 6) is -1.28. The minimum atomic E-state index is -4.42. The van der Waals surface area contributed by atoms with E-state index in [0.29, 0.717) is 5.69 Å². The number of hydrogen-bond acceptors (Lipinski definition) is 4. The summed E-state index contributed by atoms with van der Waals surface area (Å²) in [6, 6.07) is 0. The number of carboxylic acids is 1. The zero-order chi connectivity index (χ0) is 14.5. The fourth-order valence-electron chi connectivity index (χ4n) is 1.59. The zero-order valence-corrected chi connectivity index (χ0v) is 11.2. The van der Waals surface area contributed by atoms with Gasteiger partial charge in [-0.1, -0.05) is 6.92 Å². The number of carboxylic acid groups (broad SMARTS) is 1. The fraction of sp³-hybridized carbons (Fsp3) is 0.636. The van der Waals surface area contributed by atoms with E-state index in [4.69, 9.17) is 5.11 Å². The van der Waals surface area contributed by atoms with Crippen LogP contribution in [-0.4, -0.2) is 40.2 Å². The van der Waals surface area contributed by atoms with Crippen molar-refractivity contribution in [3.63, 3.8) is 0 Å². The molecule has 0 bridgehead atoms. The van der Waals surface area contributed by atoms with Gasteiger partial charge in [0.1, 0.15) is 0 Å². The Morgan fingerprint density at radius 2 is 2.21 bits per heavy atom. The third kappa shape index (κ3) is 6.53. The van der Waals surface area contributed by atoms with Crippen molar-refractivity contribution >= 4 is 17.3 Å². The second-order valence-electron chi connectivity index (χ2n) is 4.14. The SMILES string of the molecule is CCCc1nc(CN(CC(=O)O)CC(F)(F)F)cs1. The molecule has 0 aliphatic carbocycles. The lowest BCUT2D eigenvalue weighted by molar-refractivity contribution is -0.154. The predicted molar refractivity (Wildman–Crippen MR) is 65.1 cm³/mol. The van der Waals surface area contributed by atoms with E-state index in [1.165, 1.54) is 11.3 Å². The molecule has 1 heterocycles. The van der Waals surface area contributed by atoms with Crippen LogP contribution in [0.5, 0.6) is 0 Å². The van der Waals surface area contributed by atoms with Gasteiger partial charge in [0, 0.05) is 11.9 Å². The monoisotopic (exact) mass is 296 g/mol. The first-order valence-corrected chi connectivity index (χ1v) is 6.62. The van der Waals surface area contributed by atoms with E-state index in [0.717, 1.165) is 22.7 Å². The van der Waals surface area contributed by atoms with Gasteiger partial charge in [-0.3, -0.25) is 9.69 Å². The lowest BCUT2D eigenvalue weighted by Gasteiger charge is -2.20. The van der Waals surface area contributed by atoms with Crippen molar-refractivity contribution in [2.75, 3.05) is 13.1 Å². The van der Waals surface area contributed by atoms with Crippen LogP contribution >= 0.6 is 11.3 Å². The lowest BCUT2D eigenvalue weighted by Crippen LogP contribution is -2.37. The van der Waals surface area contributed by atoms with Crippen molar-refractivity contribution in [3.05, 3.63) is 16.1 Å². The molecule has 108 valence electrons. The molecule has 0 saturated carbocycles. The molecule has 0 saturated heterocycles. The molecule has 0 aliphatic rings. The van der Waals surface area contributed by atoms with E-state index in [2.05, 4.69) is 4.98 Å². The smallest absolute Gasteiger partial charge is 0.401 e. The van der Waals surface area contributed by atoms with Gasteiger partial charge >= 0.3 is 12.1 Å². The molecule has 0 radical (unpaired) electrons. The summed E-state index contributed by atoms with van der Waals surface area (Å²) in [5, 5.41) is 11.2. The van der Waals surface area contributed by atoms with Crippen LogP contribution in [0, 0.1) is 0 Å². The molecule has 4 nitrogen and oxygen atoms in total. The summed E-state index contributed by atoms with van der Waals surface area (Å²) in [6.45, 7) is -0.0203. The van der Waals surface area contributed by atoms with Gasteiger partial charge < -0.3 is 5.11 Å². The minimum absolute atomic E-state index is 0.105. The first kappa shape index (κ1) is 15.9. The van der Waals surface area contributed by atoms with Crippen molar-refractivity contribution in [1.29, 1.82) is 0 Å². The van der Waals surface area contributed by atoms with Gasteiger partial charge in [0.15, 0.2) is 0 Å². The van der Waals surface area contributed by atoms with E-state index in [9.17, 15) is 18.0 Å². The number of alkyl halides is 3. The van der Waals surface area contributed by atoms with Gasteiger partial charge in [-0.05, 0) is 12.8 Å². The average molecular weight is 296 g/mol. The third-order valence-corrected chi connectivity index (χ3v) is 3.17. The van der Waals surface area contributed by atoms with Crippen LogP contribution < -0.4 is 0 Å². The van der Waals surface area contributed by atoms with Crippen molar-refractivity contribution < 1.29 is 23.1 Å². The molecule has 1 rings (SSSR count). The van der Waals surface area contributed by atoms with E-state index in [1.54, 1.807) is 5.38 Å². The van der Waals surface area contributed by atoms with E-state index >= 15 is 0 Å². The molecule has 0 atom stereocenters. The van der Waals surface area contributed by atoms with Crippen molar-refractivity contribution in [2.45, 2.75) is 32.5 Å². The molecule has 0 amide bonds. The Balaban J connectivity index is 2.67. The molecule has 0 spiro atoms. The summed E-state index contributed by atoms with van der Waals surface area (Å²) in [5.41, 5.74) is 0.485. The molecule has 0 fully saturated rings. The number of carbonyl (C=O) groups is 1. The normalized spacial score (nSPS) is 12.1. The van der Waals surface area contributed by atoms with Gasteiger partial charge in [-0.25, -0.2) is 4.98 Å². The van der Waals surface area contributed by atoms with Crippen LogP contribution in [0.4, 0.5) is 13.2 Å². The van der Waals surface area contributed by atoms with Crippen LogP contribution in [0.3, 0.4) is 0 Å². The quantitative estimate of drug-likeness (QED) is 0.840. The maximum atomic E-state index is 12.3. The molecule has 0 aromatic carbocycles. The molecule has 8 heteroatoms.